The molecular formula is C25H22FNO5S. The lowest BCUT2D eigenvalue weighted by Gasteiger charge is -2.30. The highest BCUT2D eigenvalue weighted by Gasteiger charge is 2.49. The number of hydrogen-bond acceptors (Lipinski definition) is 5. The molecule has 0 N–H and O–H groups in total. The van der Waals surface area contributed by atoms with Crippen molar-refractivity contribution in [2.45, 2.75) is 23.5 Å². The molecule has 2 heterocycles. The van der Waals surface area contributed by atoms with Crippen LogP contribution < -0.4 is 9.47 Å². The minimum atomic E-state index is -4.04. The smallest absolute Gasteiger partial charge is 0.306 e. The van der Waals surface area contributed by atoms with Gasteiger partial charge in [-0.05, 0) is 24.0 Å². The Hall–Kier alpha value is -2.94. The molecule has 2 aliphatic heterocycles. The second kappa shape index (κ2) is 7.55. The summed E-state index contributed by atoms with van der Waals surface area (Å²) in [6, 6.07) is 18.1. The van der Waals surface area contributed by atoms with Crippen LogP contribution in [0.1, 0.15) is 22.3 Å². The highest BCUT2D eigenvalue weighted by atomic mass is 32.2. The molecule has 170 valence electrons. The fourth-order valence-electron chi connectivity index (χ4n) is 4.88. The van der Waals surface area contributed by atoms with Gasteiger partial charge in [0.25, 0.3) is 0 Å². The van der Waals surface area contributed by atoms with E-state index in [1.54, 1.807) is 0 Å². The summed E-state index contributed by atoms with van der Waals surface area (Å²) in [5, 5.41) is 0. The third-order valence-corrected chi connectivity index (χ3v) is 8.41. The molecule has 6 nitrogen and oxygen atoms in total. The average molecular weight is 468 g/mol. The van der Waals surface area contributed by atoms with Gasteiger partial charge in [0, 0.05) is 36.3 Å². The van der Waals surface area contributed by atoms with Crippen LogP contribution >= 0.6 is 0 Å². The molecule has 33 heavy (non-hydrogen) atoms. The molecule has 3 aromatic carbocycles. The Bertz CT molecular complexity index is 1300. The van der Waals surface area contributed by atoms with Crippen molar-refractivity contribution in [3.8, 4) is 11.5 Å². The fraction of sp³-hybridized carbons (Fsp3) is 0.280. The summed E-state index contributed by atoms with van der Waals surface area (Å²) in [5.41, 5.74) is 3.82. The number of morpholine rings is 1. The summed E-state index contributed by atoms with van der Waals surface area (Å²) in [6.45, 7) is 0.923. The van der Waals surface area contributed by atoms with Crippen molar-refractivity contribution in [1.82, 2.24) is 4.31 Å². The van der Waals surface area contributed by atoms with Crippen LogP contribution in [0.3, 0.4) is 0 Å². The Balaban J connectivity index is 1.49. The van der Waals surface area contributed by atoms with E-state index in [4.69, 9.17) is 14.2 Å². The van der Waals surface area contributed by atoms with Crippen LogP contribution in [0, 0.1) is 5.82 Å². The predicted octanol–water partition coefficient (Wildman–Crippen LogP) is 3.62. The molecule has 1 aliphatic carbocycles. The average Bonchev–Trinajstić information content (AvgIpc) is 3.16. The number of sulfonamides is 1. The standard InChI is InChI=1S/C25H22FNO5S/c26-21-15-22-23(16-24(21)33(28,29)27-11-13-30-14-12-27)32-25(31-22)19-7-3-1-5-17(19)9-10-18-6-2-4-8-20(18)25/h1-8,15-16H,9-14H2. The molecule has 6 rings (SSSR count). The molecule has 0 saturated carbocycles. The van der Waals surface area contributed by atoms with E-state index in [2.05, 4.69) is 0 Å². The van der Waals surface area contributed by atoms with Gasteiger partial charge >= 0.3 is 5.79 Å². The highest BCUT2D eigenvalue weighted by Crippen LogP contribution is 2.51. The second-order valence-corrected chi connectivity index (χ2v) is 10.3. The van der Waals surface area contributed by atoms with Gasteiger partial charge in [-0.15, -0.1) is 0 Å². The molecule has 8 heteroatoms. The lowest BCUT2D eigenvalue weighted by Crippen LogP contribution is -2.40. The molecule has 3 aromatic rings. The van der Waals surface area contributed by atoms with Crippen molar-refractivity contribution in [1.29, 1.82) is 0 Å². The second-order valence-electron chi connectivity index (χ2n) is 8.38. The minimum Gasteiger partial charge on any atom is -0.440 e. The molecule has 3 aliphatic rings. The fourth-order valence-corrected chi connectivity index (χ4v) is 6.35. The summed E-state index contributed by atoms with van der Waals surface area (Å²) in [5.74, 6) is -1.79. The molecule has 0 atom stereocenters. The van der Waals surface area contributed by atoms with E-state index in [0.717, 1.165) is 41.2 Å². The summed E-state index contributed by atoms with van der Waals surface area (Å²) in [6.07, 6.45) is 1.62. The third-order valence-electron chi connectivity index (χ3n) is 6.50. The van der Waals surface area contributed by atoms with Gasteiger partial charge in [-0.1, -0.05) is 48.5 Å². The molecular weight excluding hydrogens is 445 g/mol. The topological polar surface area (TPSA) is 65.1 Å². The van der Waals surface area contributed by atoms with E-state index in [0.29, 0.717) is 0 Å². The van der Waals surface area contributed by atoms with E-state index in [-0.39, 0.29) is 37.8 Å². The predicted molar refractivity (Wildman–Crippen MR) is 118 cm³/mol. The number of benzene rings is 3. The Labute approximate surface area is 191 Å². The highest BCUT2D eigenvalue weighted by molar-refractivity contribution is 7.89. The van der Waals surface area contributed by atoms with Gasteiger partial charge in [-0.2, -0.15) is 4.31 Å². The molecule has 1 spiro atoms. The van der Waals surface area contributed by atoms with E-state index in [1.165, 1.54) is 10.4 Å². The van der Waals surface area contributed by atoms with Gasteiger partial charge < -0.3 is 14.2 Å². The number of fused-ring (bicyclic) bond motifs is 5. The Morgan fingerprint density at radius 1 is 0.818 bits per heavy atom. The van der Waals surface area contributed by atoms with Crippen molar-refractivity contribution < 1.29 is 27.0 Å². The van der Waals surface area contributed by atoms with Crippen molar-refractivity contribution in [2.75, 3.05) is 26.3 Å². The van der Waals surface area contributed by atoms with Crippen LogP contribution in [0.2, 0.25) is 0 Å². The molecule has 1 fully saturated rings. The van der Waals surface area contributed by atoms with Crippen LogP contribution in [0.15, 0.2) is 65.6 Å². The quantitative estimate of drug-likeness (QED) is 0.576. The number of halogens is 1. The Morgan fingerprint density at radius 3 is 1.97 bits per heavy atom. The van der Waals surface area contributed by atoms with Crippen LogP contribution in [-0.2, 0) is 33.4 Å². The zero-order chi connectivity index (χ0) is 22.6. The van der Waals surface area contributed by atoms with Crippen molar-refractivity contribution in [2.24, 2.45) is 0 Å². The van der Waals surface area contributed by atoms with Crippen LogP contribution in [-0.4, -0.2) is 39.0 Å². The first-order chi connectivity index (χ1) is 16.0. The first-order valence-electron chi connectivity index (χ1n) is 11.0. The van der Waals surface area contributed by atoms with Crippen molar-refractivity contribution in [3.63, 3.8) is 0 Å². The van der Waals surface area contributed by atoms with E-state index in [9.17, 15) is 8.42 Å². The maximum atomic E-state index is 15.2. The van der Waals surface area contributed by atoms with E-state index >= 15 is 4.39 Å². The van der Waals surface area contributed by atoms with Crippen molar-refractivity contribution in [3.05, 3.63) is 88.7 Å². The SMILES string of the molecule is O=S(=O)(c1cc2c(cc1F)OC1(O2)c2ccccc2CCc2ccccc21)N1CCOCC1. The molecule has 1 saturated heterocycles. The molecule has 0 radical (unpaired) electrons. The Kier molecular flexibility index (Phi) is 4.72. The van der Waals surface area contributed by atoms with Crippen molar-refractivity contribution >= 4 is 10.0 Å². The van der Waals surface area contributed by atoms with Gasteiger partial charge in [-0.3, -0.25) is 0 Å². The largest absolute Gasteiger partial charge is 0.440 e. The van der Waals surface area contributed by atoms with Gasteiger partial charge in [0.15, 0.2) is 11.5 Å². The van der Waals surface area contributed by atoms with Crippen LogP contribution in [0.25, 0.3) is 0 Å². The van der Waals surface area contributed by atoms with Gasteiger partial charge in [0.05, 0.1) is 13.2 Å². The lowest BCUT2D eigenvalue weighted by atomic mass is 9.93. The molecule has 0 amide bonds. The Morgan fingerprint density at radius 2 is 1.36 bits per heavy atom. The number of nitrogens with zero attached hydrogens (tertiary/aromatic N) is 1. The number of ether oxygens (including phenoxy) is 3. The molecule has 0 bridgehead atoms. The normalized spacial score (nSPS) is 19.1. The number of rotatable bonds is 2. The molecule has 0 aromatic heterocycles. The van der Waals surface area contributed by atoms with Gasteiger partial charge in [0.2, 0.25) is 10.0 Å². The van der Waals surface area contributed by atoms with Gasteiger partial charge in [-0.25, -0.2) is 12.8 Å². The maximum absolute atomic E-state index is 15.2. The third kappa shape index (κ3) is 3.16. The number of aryl methyl sites for hydroxylation is 2. The zero-order valence-corrected chi connectivity index (χ0v) is 18.6. The van der Waals surface area contributed by atoms with E-state index in [1.807, 2.05) is 48.5 Å². The summed E-state index contributed by atoms with van der Waals surface area (Å²) < 4.78 is 60.8. The first kappa shape index (κ1) is 20.7. The molecule has 0 unspecified atom stereocenters. The van der Waals surface area contributed by atoms with Crippen LogP contribution in [0.5, 0.6) is 11.5 Å². The van der Waals surface area contributed by atoms with Gasteiger partial charge in [0.1, 0.15) is 10.7 Å². The van der Waals surface area contributed by atoms with E-state index < -0.39 is 26.5 Å². The minimum absolute atomic E-state index is 0.180. The summed E-state index contributed by atoms with van der Waals surface area (Å²) in [4.78, 5) is -0.418. The number of hydrogen-bond donors (Lipinski definition) is 0. The summed E-state index contributed by atoms with van der Waals surface area (Å²) >= 11 is 0. The van der Waals surface area contributed by atoms with Crippen LogP contribution in [0.4, 0.5) is 4.39 Å². The lowest BCUT2D eigenvalue weighted by molar-refractivity contribution is -0.0464. The summed E-state index contributed by atoms with van der Waals surface area (Å²) in [7, 11) is -4.04. The first-order valence-corrected chi connectivity index (χ1v) is 12.4. The maximum Gasteiger partial charge on any atom is 0.306 e. The monoisotopic (exact) mass is 467 g/mol. The zero-order valence-electron chi connectivity index (χ0n) is 17.8.